The smallest absolute Gasteiger partial charge is 0.0188 e. The SMILES string of the molecule is C=CC.C=CN=C.CC.CC. The summed E-state index contributed by atoms with van der Waals surface area (Å²) in [4.78, 5) is 3.25. The maximum atomic E-state index is 3.36. The van der Waals surface area contributed by atoms with Crippen LogP contribution in [0.5, 0.6) is 0 Å². The zero-order valence-corrected chi connectivity index (χ0v) is 8.72. The molecule has 0 aliphatic carbocycles. The lowest BCUT2D eigenvalue weighted by Gasteiger charge is -1.48. The first-order valence-corrected chi connectivity index (χ1v) is 3.97. The van der Waals surface area contributed by atoms with Gasteiger partial charge in [-0.15, -0.1) is 6.58 Å². The van der Waals surface area contributed by atoms with E-state index in [9.17, 15) is 0 Å². The summed E-state index contributed by atoms with van der Waals surface area (Å²) in [5, 5.41) is 0. The third kappa shape index (κ3) is 20800. The van der Waals surface area contributed by atoms with Gasteiger partial charge in [-0.05, 0) is 13.6 Å². The Labute approximate surface area is 72.6 Å². The van der Waals surface area contributed by atoms with Crippen LogP contribution in [0.2, 0.25) is 0 Å². The molecule has 1 nitrogen and oxygen atoms in total. The van der Waals surface area contributed by atoms with Gasteiger partial charge in [-0.25, -0.2) is 0 Å². The molecule has 0 aromatic heterocycles. The predicted molar refractivity (Wildman–Crippen MR) is 58.3 cm³/mol. The van der Waals surface area contributed by atoms with E-state index in [0.717, 1.165) is 0 Å². The zero-order chi connectivity index (χ0) is 10.1. The molecule has 0 aromatic rings. The van der Waals surface area contributed by atoms with E-state index in [1.165, 1.54) is 6.20 Å². The molecule has 0 unspecified atom stereocenters. The van der Waals surface area contributed by atoms with Crippen molar-refractivity contribution in [2.45, 2.75) is 34.6 Å². The summed E-state index contributed by atoms with van der Waals surface area (Å²) in [6.07, 6.45) is 3.14. The Hall–Kier alpha value is -0.850. The molecule has 0 aromatic carbocycles. The molecule has 0 saturated heterocycles. The predicted octanol–water partition coefficient (Wildman–Crippen LogP) is 4.08. The summed E-state index contributed by atoms with van der Waals surface area (Å²) < 4.78 is 0. The third-order valence-corrected chi connectivity index (χ3v) is 0.129. The second kappa shape index (κ2) is 131. The fourth-order valence-corrected chi connectivity index (χ4v) is 0. The van der Waals surface area contributed by atoms with Gasteiger partial charge in [0.05, 0.1) is 0 Å². The van der Waals surface area contributed by atoms with Crippen LogP contribution in [0.15, 0.2) is 30.4 Å². The van der Waals surface area contributed by atoms with Crippen LogP contribution in [0, 0.1) is 0 Å². The average molecular weight is 157 g/mol. The van der Waals surface area contributed by atoms with Crippen molar-refractivity contribution >= 4 is 6.72 Å². The molecular formula is C10H23N. The molecule has 68 valence electrons. The first kappa shape index (κ1) is 22.5. The van der Waals surface area contributed by atoms with E-state index in [0.29, 0.717) is 0 Å². The topological polar surface area (TPSA) is 12.4 Å². The molecule has 1 heteroatoms. The molecular weight excluding hydrogens is 134 g/mol. The number of rotatable bonds is 1. The van der Waals surface area contributed by atoms with Gasteiger partial charge in [0, 0.05) is 6.20 Å². The highest BCUT2D eigenvalue weighted by atomic mass is 14.6. The standard InChI is InChI=1S/C3H5N.C3H6.2C2H6/c1-3-4-2;1-3-2;2*1-2/h3H,1-2H2;3H,1H2,2H3;2*1-2H3. The molecule has 0 aliphatic rings. The Morgan fingerprint density at radius 1 is 1.00 bits per heavy atom. The average Bonchev–Trinajstić information content (AvgIpc) is 2.12. The van der Waals surface area contributed by atoms with Gasteiger partial charge in [0.15, 0.2) is 0 Å². The number of hydrogen-bond donors (Lipinski definition) is 0. The van der Waals surface area contributed by atoms with Gasteiger partial charge in [-0.2, -0.15) is 0 Å². The van der Waals surface area contributed by atoms with Gasteiger partial charge in [0.25, 0.3) is 0 Å². The molecule has 0 radical (unpaired) electrons. The van der Waals surface area contributed by atoms with Crippen molar-refractivity contribution in [1.82, 2.24) is 0 Å². The van der Waals surface area contributed by atoms with Crippen molar-refractivity contribution in [2.24, 2.45) is 4.99 Å². The zero-order valence-electron chi connectivity index (χ0n) is 8.72. The van der Waals surface area contributed by atoms with Crippen molar-refractivity contribution in [1.29, 1.82) is 0 Å². The molecule has 0 heterocycles. The molecule has 0 saturated carbocycles. The van der Waals surface area contributed by atoms with Crippen LogP contribution in [-0.2, 0) is 0 Å². The first-order chi connectivity index (χ1) is 5.33. The number of hydrogen-bond acceptors (Lipinski definition) is 1. The summed E-state index contributed by atoms with van der Waals surface area (Å²) in [6, 6.07) is 0. The lowest BCUT2D eigenvalue weighted by atomic mass is 10.8. The fourth-order valence-electron chi connectivity index (χ4n) is 0. The van der Waals surface area contributed by atoms with E-state index in [4.69, 9.17) is 0 Å². The Bertz CT molecular complexity index is 49.9. The van der Waals surface area contributed by atoms with E-state index in [-0.39, 0.29) is 0 Å². The van der Waals surface area contributed by atoms with Crippen molar-refractivity contribution in [3.8, 4) is 0 Å². The maximum absolute atomic E-state index is 3.36. The summed E-state index contributed by atoms with van der Waals surface area (Å²) in [5.74, 6) is 0. The van der Waals surface area contributed by atoms with Crippen LogP contribution in [-0.4, -0.2) is 6.72 Å². The minimum Gasteiger partial charge on any atom is -0.273 e. The van der Waals surface area contributed by atoms with Crippen LogP contribution in [0.3, 0.4) is 0 Å². The summed E-state index contributed by atoms with van der Waals surface area (Å²) >= 11 is 0. The fraction of sp³-hybridized carbons (Fsp3) is 0.500. The Kier molecular flexibility index (Phi) is 269. The van der Waals surface area contributed by atoms with Gasteiger partial charge in [-0.3, -0.25) is 4.99 Å². The molecule has 0 fully saturated rings. The Morgan fingerprint density at radius 2 is 1.09 bits per heavy atom. The van der Waals surface area contributed by atoms with Crippen molar-refractivity contribution in [3.05, 3.63) is 25.4 Å². The number of aliphatic imine (C=N–C) groups is 1. The summed E-state index contributed by atoms with van der Waals surface area (Å²) in [5.41, 5.74) is 0. The first-order valence-electron chi connectivity index (χ1n) is 3.97. The van der Waals surface area contributed by atoms with E-state index in [2.05, 4.69) is 24.9 Å². The monoisotopic (exact) mass is 157 g/mol. The highest BCUT2D eigenvalue weighted by molar-refractivity contribution is 5.24. The van der Waals surface area contributed by atoms with Crippen LogP contribution in [0.1, 0.15) is 34.6 Å². The molecule has 0 N–H and O–H groups in total. The maximum Gasteiger partial charge on any atom is 0.0188 e. The van der Waals surface area contributed by atoms with Crippen molar-refractivity contribution in [2.75, 3.05) is 0 Å². The minimum atomic E-state index is 1.39. The van der Waals surface area contributed by atoms with Gasteiger partial charge >= 0.3 is 0 Å². The molecule has 0 bridgehead atoms. The molecule has 0 atom stereocenters. The summed E-state index contributed by atoms with van der Waals surface area (Å²) in [7, 11) is 0. The molecule has 0 spiro atoms. The molecule has 11 heavy (non-hydrogen) atoms. The van der Waals surface area contributed by atoms with Crippen molar-refractivity contribution in [3.63, 3.8) is 0 Å². The van der Waals surface area contributed by atoms with Crippen LogP contribution in [0.4, 0.5) is 0 Å². The van der Waals surface area contributed by atoms with Crippen LogP contribution >= 0.6 is 0 Å². The van der Waals surface area contributed by atoms with Gasteiger partial charge < -0.3 is 0 Å². The second-order valence-corrected chi connectivity index (χ2v) is 0.773. The molecule has 0 rings (SSSR count). The highest BCUT2D eigenvalue weighted by Gasteiger charge is 1.27. The van der Waals surface area contributed by atoms with Crippen LogP contribution in [0.25, 0.3) is 0 Å². The Morgan fingerprint density at radius 3 is 1.09 bits per heavy atom. The van der Waals surface area contributed by atoms with E-state index < -0.39 is 0 Å². The van der Waals surface area contributed by atoms with E-state index in [1.807, 2.05) is 34.6 Å². The van der Waals surface area contributed by atoms with Gasteiger partial charge in [0.1, 0.15) is 0 Å². The number of allylic oxidation sites excluding steroid dienone is 1. The third-order valence-electron chi connectivity index (χ3n) is 0.129. The van der Waals surface area contributed by atoms with Crippen LogP contribution < -0.4 is 0 Å². The van der Waals surface area contributed by atoms with Gasteiger partial charge in [0.2, 0.25) is 0 Å². The molecule has 0 aliphatic heterocycles. The normalized spacial score (nSPS) is 4.09. The van der Waals surface area contributed by atoms with Crippen molar-refractivity contribution < 1.29 is 0 Å². The van der Waals surface area contributed by atoms with Gasteiger partial charge in [-0.1, -0.05) is 40.3 Å². The Balaban J connectivity index is -0.0000000315. The highest BCUT2D eigenvalue weighted by Crippen LogP contribution is 1.50. The lowest BCUT2D eigenvalue weighted by molar-refractivity contribution is 1.50. The largest absolute Gasteiger partial charge is 0.273 e. The minimum absolute atomic E-state index is 1.39. The second-order valence-electron chi connectivity index (χ2n) is 0.773. The molecule has 0 amide bonds. The number of nitrogens with zero attached hydrogens (tertiary/aromatic N) is 1. The summed E-state index contributed by atoms with van der Waals surface area (Å²) in [6.45, 7) is 19.6. The van der Waals surface area contributed by atoms with E-state index >= 15 is 0 Å². The van der Waals surface area contributed by atoms with E-state index in [1.54, 1.807) is 6.08 Å². The quantitative estimate of drug-likeness (QED) is 0.402. The lowest BCUT2D eigenvalue weighted by Crippen LogP contribution is -1.26.